The molecule has 21 heavy (non-hydrogen) atoms. The molecule has 0 amide bonds. The first-order chi connectivity index (χ1) is 10.1. The number of nitrogens with zero attached hydrogens (tertiary/aromatic N) is 2. The molecule has 1 atom stereocenters. The third kappa shape index (κ3) is 2.40. The molecule has 1 saturated heterocycles. The standard InChI is InChI=1S/C16H27N3O2/c1-4-20-16(7-5-6-8-16)13-18-14(21-19-13)15(12(2)3)9-10-17-11-15/h12,17H,4-11H2,1-3H3. The quantitative estimate of drug-likeness (QED) is 0.904. The van der Waals surface area contributed by atoms with Crippen LogP contribution in [0.1, 0.15) is 64.6 Å². The van der Waals surface area contributed by atoms with Crippen LogP contribution in [0.25, 0.3) is 0 Å². The Morgan fingerprint density at radius 3 is 2.62 bits per heavy atom. The molecule has 2 aliphatic rings. The largest absolute Gasteiger partial charge is 0.367 e. The number of aromatic nitrogens is 2. The second-order valence-corrected chi connectivity index (χ2v) is 6.80. The van der Waals surface area contributed by atoms with Crippen LogP contribution in [0.15, 0.2) is 4.52 Å². The van der Waals surface area contributed by atoms with E-state index in [2.05, 4.69) is 24.3 Å². The normalized spacial score (nSPS) is 28.6. The summed E-state index contributed by atoms with van der Waals surface area (Å²) in [6.07, 6.45) is 5.44. The fourth-order valence-electron chi connectivity index (χ4n) is 3.90. The van der Waals surface area contributed by atoms with Gasteiger partial charge in [0.2, 0.25) is 11.7 Å². The van der Waals surface area contributed by atoms with Crippen molar-refractivity contribution in [2.24, 2.45) is 5.92 Å². The monoisotopic (exact) mass is 293 g/mol. The van der Waals surface area contributed by atoms with Crippen LogP contribution < -0.4 is 5.32 Å². The first-order valence-electron chi connectivity index (χ1n) is 8.32. The Bertz CT molecular complexity index is 472. The zero-order chi connectivity index (χ0) is 14.9. The number of hydrogen-bond acceptors (Lipinski definition) is 5. The average molecular weight is 293 g/mol. The molecule has 1 aliphatic heterocycles. The minimum absolute atomic E-state index is 0.0166. The lowest BCUT2D eigenvalue weighted by Gasteiger charge is -2.28. The molecule has 0 spiro atoms. The number of ether oxygens (including phenoxy) is 1. The first kappa shape index (κ1) is 15.0. The lowest BCUT2D eigenvalue weighted by Crippen LogP contribution is -2.35. The molecular formula is C16H27N3O2. The smallest absolute Gasteiger partial charge is 0.234 e. The summed E-state index contributed by atoms with van der Waals surface area (Å²) in [6.45, 7) is 9.16. The molecule has 1 aromatic heterocycles. The van der Waals surface area contributed by atoms with E-state index in [0.29, 0.717) is 12.5 Å². The van der Waals surface area contributed by atoms with Crippen molar-refractivity contribution in [1.29, 1.82) is 0 Å². The van der Waals surface area contributed by atoms with Crippen LogP contribution in [0.4, 0.5) is 0 Å². The highest BCUT2D eigenvalue weighted by atomic mass is 16.5. The number of nitrogens with one attached hydrogen (secondary N) is 1. The summed E-state index contributed by atoms with van der Waals surface area (Å²) in [5.41, 5.74) is -0.321. The minimum Gasteiger partial charge on any atom is -0.367 e. The molecule has 1 saturated carbocycles. The maximum atomic E-state index is 6.05. The zero-order valence-corrected chi connectivity index (χ0v) is 13.4. The number of rotatable bonds is 5. The second-order valence-electron chi connectivity index (χ2n) is 6.80. The van der Waals surface area contributed by atoms with Crippen molar-refractivity contribution in [1.82, 2.24) is 15.5 Å². The lowest BCUT2D eigenvalue weighted by atomic mass is 9.76. The molecule has 5 heteroatoms. The molecule has 1 N–H and O–H groups in total. The Hall–Kier alpha value is -0.940. The molecule has 1 unspecified atom stereocenters. The van der Waals surface area contributed by atoms with E-state index in [-0.39, 0.29) is 11.0 Å². The highest BCUT2D eigenvalue weighted by Gasteiger charge is 2.46. The second kappa shape index (κ2) is 5.69. The highest BCUT2D eigenvalue weighted by molar-refractivity contribution is 5.14. The van der Waals surface area contributed by atoms with E-state index in [4.69, 9.17) is 14.2 Å². The Balaban J connectivity index is 1.92. The lowest BCUT2D eigenvalue weighted by molar-refractivity contribution is -0.0469. The molecule has 1 aromatic rings. The van der Waals surface area contributed by atoms with E-state index in [1.54, 1.807) is 0 Å². The van der Waals surface area contributed by atoms with Crippen LogP contribution in [0.3, 0.4) is 0 Å². The van der Waals surface area contributed by atoms with E-state index < -0.39 is 0 Å². The van der Waals surface area contributed by atoms with E-state index in [9.17, 15) is 0 Å². The van der Waals surface area contributed by atoms with Crippen molar-refractivity contribution in [3.63, 3.8) is 0 Å². The number of hydrogen-bond donors (Lipinski definition) is 1. The fraction of sp³-hybridized carbons (Fsp3) is 0.875. The van der Waals surface area contributed by atoms with Gasteiger partial charge in [0.05, 0.1) is 5.41 Å². The van der Waals surface area contributed by atoms with Crippen molar-refractivity contribution < 1.29 is 9.26 Å². The Kier molecular flexibility index (Phi) is 4.06. The molecule has 1 aliphatic carbocycles. The fourth-order valence-corrected chi connectivity index (χ4v) is 3.90. The molecule has 2 fully saturated rings. The van der Waals surface area contributed by atoms with E-state index >= 15 is 0 Å². The van der Waals surface area contributed by atoms with Crippen molar-refractivity contribution >= 4 is 0 Å². The van der Waals surface area contributed by atoms with E-state index in [1.165, 1.54) is 12.8 Å². The molecule has 118 valence electrons. The molecule has 5 nitrogen and oxygen atoms in total. The molecule has 0 bridgehead atoms. The van der Waals surface area contributed by atoms with E-state index in [1.807, 2.05) is 6.92 Å². The topological polar surface area (TPSA) is 60.2 Å². The van der Waals surface area contributed by atoms with Gasteiger partial charge in [-0.05, 0) is 51.5 Å². The van der Waals surface area contributed by atoms with Gasteiger partial charge in [-0.15, -0.1) is 0 Å². The van der Waals surface area contributed by atoms with Gasteiger partial charge in [-0.1, -0.05) is 19.0 Å². The van der Waals surface area contributed by atoms with Gasteiger partial charge in [0, 0.05) is 13.2 Å². The molecular weight excluding hydrogens is 266 g/mol. The molecule has 0 aromatic carbocycles. The minimum atomic E-state index is -0.305. The first-order valence-corrected chi connectivity index (χ1v) is 8.32. The zero-order valence-electron chi connectivity index (χ0n) is 13.4. The summed E-state index contributed by atoms with van der Waals surface area (Å²) in [4.78, 5) is 4.82. The van der Waals surface area contributed by atoms with Crippen molar-refractivity contribution in [3.8, 4) is 0 Å². The van der Waals surface area contributed by atoms with E-state index in [0.717, 1.165) is 44.1 Å². The molecule has 0 radical (unpaired) electrons. The van der Waals surface area contributed by atoms with Gasteiger partial charge in [-0.2, -0.15) is 4.98 Å². The third-order valence-corrected chi connectivity index (χ3v) is 5.38. The van der Waals surface area contributed by atoms with Crippen LogP contribution in [0.5, 0.6) is 0 Å². The van der Waals surface area contributed by atoms with Crippen LogP contribution >= 0.6 is 0 Å². The van der Waals surface area contributed by atoms with Crippen molar-refractivity contribution in [3.05, 3.63) is 11.7 Å². The highest BCUT2D eigenvalue weighted by Crippen LogP contribution is 2.43. The van der Waals surface area contributed by atoms with Gasteiger partial charge in [-0.3, -0.25) is 0 Å². The SMILES string of the molecule is CCOC1(c2noc(C3(C(C)C)CCNC3)n2)CCCC1. The maximum Gasteiger partial charge on any atom is 0.234 e. The van der Waals surface area contributed by atoms with Crippen LogP contribution in [0, 0.1) is 5.92 Å². The summed E-state index contributed by atoms with van der Waals surface area (Å²) >= 11 is 0. The third-order valence-electron chi connectivity index (χ3n) is 5.38. The average Bonchev–Trinajstić information content (AvgIpc) is 3.20. The Morgan fingerprint density at radius 2 is 2.05 bits per heavy atom. The van der Waals surface area contributed by atoms with Gasteiger partial charge in [-0.25, -0.2) is 0 Å². The Labute approximate surface area is 126 Å². The Morgan fingerprint density at radius 1 is 1.29 bits per heavy atom. The summed E-state index contributed by atoms with van der Waals surface area (Å²) < 4.78 is 11.8. The maximum absolute atomic E-state index is 6.05. The summed E-state index contributed by atoms with van der Waals surface area (Å²) in [6, 6.07) is 0. The predicted molar refractivity (Wildman–Crippen MR) is 80.1 cm³/mol. The summed E-state index contributed by atoms with van der Waals surface area (Å²) in [5.74, 6) is 2.04. The van der Waals surface area contributed by atoms with Crippen molar-refractivity contribution in [2.75, 3.05) is 19.7 Å². The predicted octanol–water partition coefficient (Wildman–Crippen LogP) is 2.76. The summed E-state index contributed by atoms with van der Waals surface area (Å²) in [5, 5.41) is 7.77. The van der Waals surface area contributed by atoms with Crippen LogP contribution in [-0.2, 0) is 15.8 Å². The van der Waals surface area contributed by atoms with Gasteiger partial charge in [0.25, 0.3) is 0 Å². The van der Waals surface area contributed by atoms with Crippen molar-refractivity contribution in [2.45, 2.75) is 63.9 Å². The van der Waals surface area contributed by atoms with Gasteiger partial charge in [0.1, 0.15) is 5.60 Å². The molecule has 2 heterocycles. The van der Waals surface area contributed by atoms with Crippen LogP contribution in [0.2, 0.25) is 0 Å². The van der Waals surface area contributed by atoms with Gasteiger partial charge >= 0.3 is 0 Å². The van der Waals surface area contributed by atoms with Gasteiger partial charge < -0.3 is 14.6 Å². The van der Waals surface area contributed by atoms with Crippen LogP contribution in [-0.4, -0.2) is 29.8 Å². The van der Waals surface area contributed by atoms with Gasteiger partial charge in [0.15, 0.2) is 0 Å². The molecule has 3 rings (SSSR count). The summed E-state index contributed by atoms with van der Waals surface area (Å²) in [7, 11) is 0.